The molecule has 240 valence electrons. The smallest absolute Gasteiger partial charge is 0.408 e. The fraction of sp³-hybridized carbons (Fsp3) is 0.438. The minimum absolute atomic E-state index is 0.0250. The van der Waals surface area contributed by atoms with Gasteiger partial charge in [0.15, 0.2) is 0 Å². The molecule has 0 aliphatic carbocycles. The number of hydrogen-bond donors (Lipinski definition) is 2. The van der Waals surface area contributed by atoms with Gasteiger partial charge in [0.25, 0.3) is 0 Å². The van der Waals surface area contributed by atoms with Gasteiger partial charge in [0, 0.05) is 12.8 Å². The van der Waals surface area contributed by atoms with E-state index in [1.54, 1.807) is 82.3 Å². The van der Waals surface area contributed by atoms with Crippen molar-refractivity contribution in [2.45, 2.75) is 71.5 Å². The summed E-state index contributed by atoms with van der Waals surface area (Å²) in [6.45, 7) is 7.05. The highest BCUT2D eigenvalue weighted by atomic mass is 16.7. The number of nitrogens with one attached hydrogen (secondary N) is 2. The summed E-state index contributed by atoms with van der Waals surface area (Å²) >= 11 is 0. The summed E-state index contributed by atoms with van der Waals surface area (Å²) in [5, 5.41) is 5.21. The molecule has 2 aromatic carbocycles. The number of fused-ring (bicyclic) bond motifs is 1. The maximum Gasteiger partial charge on any atom is 0.408 e. The third kappa shape index (κ3) is 7.59. The highest BCUT2D eigenvalue weighted by molar-refractivity contribution is 5.99. The summed E-state index contributed by atoms with van der Waals surface area (Å²) in [7, 11) is 0. The Morgan fingerprint density at radius 1 is 0.911 bits per heavy atom. The van der Waals surface area contributed by atoms with Crippen LogP contribution in [0.15, 0.2) is 60.7 Å². The third-order valence-corrected chi connectivity index (χ3v) is 7.55. The summed E-state index contributed by atoms with van der Waals surface area (Å²) < 4.78 is 21.0. The summed E-state index contributed by atoms with van der Waals surface area (Å²) in [6, 6.07) is 12.9. The van der Waals surface area contributed by atoms with E-state index < -0.39 is 84.2 Å². The lowest BCUT2D eigenvalue weighted by molar-refractivity contribution is -0.180. The van der Waals surface area contributed by atoms with Crippen LogP contribution in [-0.4, -0.2) is 71.7 Å². The quantitative estimate of drug-likeness (QED) is 0.174. The van der Waals surface area contributed by atoms with Gasteiger partial charge in [-0.1, -0.05) is 67.6 Å². The van der Waals surface area contributed by atoms with Gasteiger partial charge in [-0.3, -0.25) is 19.2 Å². The van der Waals surface area contributed by atoms with Gasteiger partial charge in [-0.05, 0) is 31.9 Å². The molecule has 2 fully saturated rings. The summed E-state index contributed by atoms with van der Waals surface area (Å²) in [5.74, 6) is -4.13. The topological polar surface area (TPSA) is 167 Å². The van der Waals surface area contributed by atoms with Gasteiger partial charge in [-0.25, -0.2) is 9.59 Å². The molecule has 5 unspecified atom stereocenters. The van der Waals surface area contributed by atoms with E-state index in [-0.39, 0.29) is 6.61 Å². The molecule has 45 heavy (non-hydrogen) atoms. The standard InChI is InChI=1S/C32H37N3O10/c1-18-24(29(39)43-17-44-30(40)32(3,4)5)35-25(26(18)45-19(2)36)23(28(35)38)33-27(37)22(21-14-10-7-11-15-21)34-31(41)42-16-20-12-8-6-9-13-20/h6-15,18,22-26H,16-17H2,1-5H3,(H,33,37)(H,34,41)/t18?,22?,23?,24?,25-,26?/m0/s1. The third-order valence-electron chi connectivity index (χ3n) is 7.55. The molecular weight excluding hydrogens is 586 g/mol. The van der Waals surface area contributed by atoms with Gasteiger partial charge < -0.3 is 34.5 Å². The lowest BCUT2D eigenvalue weighted by Crippen LogP contribution is -2.73. The highest BCUT2D eigenvalue weighted by Crippen LogP contribution is 2.42. The fourth-order valence-electron chi connectivity index (χ4n) is 5.30. The van der Waals surface area contributed by atoms with Crippen LogP contribution < -0.4 is 10.6 Å². The van der Waals surface area contributed by atoms with E-state index in [0.29, 0.717) is 5.56 Å². The molecule has 2 N–H and O–H groups in total. The van der Waals surface area contributed by atoms with E-state index in [1.165, 1.54) is 11.8 Å². The predicted octanol–water partition coefficient (Wildman–Crippen LogP) is 2.39. The molecule has 13 nitrogen and oxygen atoms in total. The van der Waals surface area contributed by atoms with Crippen LogP contribution >= 0.6 is 0 Å². The molecule has 0 spiro atoms. The monoisotopic (exact) mass is 623 g/mol. The Balaban J connectivity index is 1.47. The molecule has 0 radical (unpaired) electrons. The number of ether oxygens (including phenoxy) is 4. The summed E-state index contributed by atoms with van der Waals surface area (Å²) in [4.78, 5) is 78.0. The van der Waals surface area contributed by atoms with Crippen LogP contribution in [0.1, 0.15) is 51.8 Å². The number of carbonyl (C=O) groups excluding carboxylic acids is 6. The molecule has 2 heterocycles. The zero-order chi connectivity index (χ0) is 32.9. The Morgan fingerprint density at radius 2 is 1.53 bits per heavy atom. The average molecular weight is 624 g/mol. The van der Waals surface area contributed by atoms with Crippen LogP contribution in [0.3, 0.4) is 0 Å². The number of nitrogens with zero attached hydrogens (tertiary/aromatic N) is 1. The number of benzene rings is 2. The van der Waals surface area contributed by atoms with E-state index in [0.717, 1.165) is 5.56 Å². The van der Waals surface area contributed by atoms with Crippen LogP contribution in [0, 0.1) is 11.3 Å². The number of alkyl carbamates (subject to hydrolysis) is 1. The molecule has 0 saturated carbocycles. The second-order valence-electron chi connectivity index (χ2n) is 11.9. The molecule has 0 bridgehead atoms. The maximum atomic E-state index is 13.6. The summed E-state index contributed by atoms with van der Waals surface area (Å²) in [5.41, 5.74) is 0.362. The van der Waals surface area contributed by atoms with Crippen molar-refractivity contribution in [1.82, 2.24) is 15.5 Å². The van der Waals surface area contributed by atoms with E-state index >= 15 is 0 Å². The Bertz CT molecular complexity index is 1430. The predicted molar refractivity (Wildman–Crippen MR) is 157 cm³/mol. The van der Waals surface area contributed by atoms with Crippen molar-refractivity contribution in [3.63, 3.8) is 0 Å². The second-order valence-corrected chi connectivity index (χ2v) is 11.9. The molecule has 4 rings (SSSR count). The van der Waals surface area contributed by atoms with Gasteiger partial charge >= 0.3 is 24.0 Å². The van der Waals surface area contributed by atoms with Gasteiger partial charge in [0.1, 0.15) is 30.8 Å². The largest absolute Gasteiger partial charge is 0.460 e. The van der Waals surface area contributed by atoms with Gasteiger partial charge in [-0.15, -0.1) is 0 Å². The fourth-order valence-corrected chi connectivity index (χ4v) is 5.30. The van der Waals surface area contributed by atoms with Crippen molar-refractivity contribution in [2.24, 2.45) is 11.3 Å². The first-order valence-electron chi connectivity index (χ1n) is 14.5. The Kier molecular flexibility index (Phi) is 10.1. The van der Waals surface area contributed by atoms with Crippen molar-refractivity contribution >= 4 is 35.8 Å². The molecule has 3 amide bonds. The van der Waals surface area contributed by atoms with Crippen molar-refractivity contribution < 1.29 is 47.7 Å². The zero-order valence-corrected chi connectivity index (χ0v) is 25.7. The van der Waals surface area contributed by atoms with E-state index in [2.05, 4.69) is 10.6 Å². The van der Waals surface area contributed by atoms with Crippen molar-refractivity contribution in [3.8, 4) is 0 Å². The van der Waals surface area contributed by atoms with Crippen molar-refractivity contribution in [2.75, 3.05) is 6.79 Å². The van der Waals surface area contributed by atoms with Crippen LogP contribution in [0.5, 0.6) is 0 Å². The highest BCUT2D eigenvalue weighted by Gasteiger charge is 2.66. The maximum absolute atomic E-state index is 13.6. The van der Waals surface area contributed by atoms with Gasteiger partial charge in [0.2, 0.25) is 18.6 Å². The molecule has 0 aromatic heterocycles. The number of β-lactam (4-membered cyclic amide) rings is 1. The van der Waals surface area contributed by atoms with Crippen LogP contribution in [0.4, 0.5) is 4.79 Å². The molecule has 2 aromatic rings. The molecular formula is C32H37N3O10. The Labute approximate surface area is 260 Å². The lowest BCUT2D eigenvalue weighted by Gasteiger charge is -2.46. The van der Waals surface area contributed by atoms with Gasteiger partial charge in [0.05, 0.1) is 11.5 Å². The normalized spacial score (nSPS) is 22.6. The van der Waals surface area contributed by atoms with Crippen molar-refractivity contribution in [1.29, 1.82) is 0 Å². The molecule has 2 aliphatic heterocycles. The van der Waals surface area contributed by atoms with E-state index in [9.17, 15) is 28.8 Å². The number of hydrogen-bond acceptors (Lipinski definition) is 10. The van der Waals surface area contributed by atoms with E-state index in [1.807, 2.05) is 6.07 Å². The lowest BCUT2D eigenvalue weighted by atomic mass is 9.91. The average Bonchev–Trinajstić information content (AvgIpc) is 3.25. The number of amides is 3. The SMILES string of the molecule is CC(=O)OC1C(C)C(C(=O)OCOC(=O)C(C)(C)C)N2C(=O)C(NC(=O)C(NC(=O)OCc3ccccc3)c3ccccc3)[C@@H]12. The zero-order valence-electron chi connectivity index (χ0n) is 25.7. The molecule has 2 aliphatic rings. The number of rotatable bonds is 10. The van der Waals surface area contributed by atoms with E-state index in [4.69, 9.17) is 18.9 Å². The minimum Gasteiger partial charge on any atom is -0.460 e. The molecule has 6 atom stereocenters. The summed E-state index contributed by atoms with van der Waals surface area (Å²) in [6.07, 6.45) is -1.81. The minimum atomic E-state index is -1.24. The Hall–Kier alpha value is -4.94. The molecule has 13 heteroatoms. The Morgan fingerprint density at radius 3 is 2.13 bits per heavy atom. The second kappa shape index (κ2) is 13.8. The van der Waals surface area contributed by atoms with Crippen LogP contribution in [-0.2, 0) is 49.5 Å². The number of carbonyl (C=O) groups is 6. The molecule has 2 saturated heterocycles. The van der Waals surface area contributed by atoms with Crippen molar-refractivity contribution in [3.05, 3.63) is 71.8 Å². The van der Waals surface area contributed by atoms with Crippen LogP contribution in [0.25, 0.3) is 0 Å². The first kappa shape index (κ1) is 33.0. The number of esters is 3. The van der Waals surface area contributed by atoms with Gasteiger partial charge in [-0.2, -0.15) is 0 Å². The first-order chi connectivity index (χ1) is 21.3. The van der Waals surface area contributed by atoms with Crippen LogP contribution in [0.2, 0.25) is 0 Å². The first-order valence-corrected chi connectivity index (χ1v) is 14.5.